The number of hydrogen-bond acceptors (Lipinski definition) is 3. The molecule has 0 atom stereocenters. The van der Waals surface area contributed by atoms with Gasteiger partial charge in [0, 0.05) is 37.7 Å². The quantitative estimate of drug-likeness (QED) is 0.153. The van der Waals surface area contributed by atoms with Crippen molar-refractivity contribution in [3.05, 3.63) is 30.1 Å². The smallest absolute Gasteiger partial charge is 0.191 e. The Hall–Kier alpha value is -0.540. The van der Waals surface area contributed by atoms with E-state index >= 15 is 0 Å². The molecule has 144 valence electrons. The minimum absolute atomic E-state index is 0. The lowest BCUT2D eigenvalue weighted by Gasteiger charge is -2.11. The molecule has 0 aliphatic heterocycles. The second-order valence-electron chi connectivity index (χ2n) is 5.25. The first-order chi connectivity index (χ1) is 11.8. The molecule has 1 rings (SSSR count). The number of aliphatic imine (C=N–C) groups is 1. The van der Waals surface area contributed by atoms with Gasteiger partial charge in [-0.25, -0.2) is 4.39 Å². The Morgan fingerprint density at radius 2 is 1.88 bits per heavy atom. The molecule has 0 bridgehead atoms. The summed E-state index contributed by atoms with van der Waals surface area (Å²) >= 11 is 1.73. The second-order valence-corrected chi connectivity index (χ2v) is 6.42. The van der Waals surface area contributed by atoms with Gasteiger partial charge in [0.1, 0.15) is 5.82 Å². The van der Waals surface area contributed by atoms with Gasteiger partial charge in [-0.15, -0.1) is 35.7 Å². The van der Waals surface area contributed by atoms with Gasteiger partial charge in [0.2, 0.25) is 0 Å². The van der Waals surface area contributed by atoms with Crippen molar-refractivity contribution in [3.8, 4) is 0 Å². The molecule has 0 spiro atoms. The minimum Gasteiger partial charge on any atom is -0.382 e. The molecule has 7 heteroatoms. The predicted octanol–water partition coefficient (Wildman–Crippen LogP) is 4.30. The van der Waals surface area contributed by atoms with Crippen molar-refractivity contribution in [2.75, 3.05) is 38.6 Å². The standard InChI is InChI=1S/C18H30FN3OS.HI/c1-3-20-18(21-12-5-6-14-23-4-2)22-13-7-15-24-17-10-8-16(19)9-11-17;/h8-11H,3-7,12-15H2,1-2H3,(H2,20,21,22);1H. The third-order valence-corrected chi connectivity index (χ3v) is 4.31. The van der Waals surface area contributed by atoms with E-state index in [1.54, 1.807) is 11.8 Å². The molecule has 0 saturated heterocycles. The topological polar surface area (TPSA) is 45.7 Å². The summed E-state index contributed by atoms with van der Waals surface area (Å²) in [7, 11) is 0. The molecule has 0 heterocycles. The molecule has 0 aromatic heterocycles. The number of guanidine groups is 1. The first-order valence-electron chi connectivity index (χ1n) is 8.74. The van der Waals surface area contributed by atoms with Crippen LogP contribution in [0.25, 0.3) is 0 Å². The van der Waals surface area contributed by atoms with Crippen LogP contribution in [0.4, 0.5) is 4.39 Å². The summed E-state index contributed by atoms with van der Waals surface area (Å²) in [6, 6.07) is 6.63. The Labute approximate surface area is 172 Å². The normalized spacial score (nSPS) is 11.1. The van der Waals surface area contributed by atoms with Gasteiger partial charge in [-0.1, -0.05) is 0 Å². The second kappa shape index (κ2) is 16.9. The molecule has 0 unspecified atom stereocenters. The van der Waals surface area contributed by atoms with Crippen molar-refractivity contribution in [3.63, 3.8) is 0 Å². The highest BCUT2D eigenvalue weighted by Gasteiger charge is 1.98. The van der Waals surface area contributed by atoms with Gasteiger partial charge in [0.25, 0.3) is 0 Å². The Kier molecular flexibility index (Phi) is 16.5. The molecule has 0 fully saturated rings. The van der Waals surface area contributed by atoms with Crippen molar-refractivity contribution < 1.29 is 9.13 Å². The zero-order chi connectivity index (χ0) is 17.5. The van der Waals surface area contributed by atoms with Crippen LogP contribution in [-0.4, -0.2) is 44.6 Å². The van der Waals surface area contributed by atoms with Crippen molar-refractivity contribution >= 4 is 41.7 Å². The summed E-state index contributed by atoms with van der Waals surface area (Å²) in [5.41, 5.74) is 0. The Morgan fingerprint density at radius 1 is 1.12 bits per heavy atom. The molecule has 0 aliphatic carbocycles. The van der Waals surface area contributed by atoms with Crippen LogP contribution in [0.1, 0.15) is 33.1 Å². The van der Waals surface area contributed by atoms with Gasteiger partial charge in [0.05, 0.1) is 0 Å². The summed E-state index contributed by atoms with van der Waals surface area (Å²) in [6.07, 6.45) is 3.13. The Morgan fingerprint density at radius 3 is 2.56 bits per heavy atom. The molecule has 0 saturated carbocycles. The van der Waals surface area contributed by atoms with Crippen molar-refractivity contribution in [1.82, 2.24) is 10.6 Å². The van der Waals surface area contributed by atoms with E-state index in [9.17, 15) is 4.39 Å². The van der Waals surface area contributed by atoms with Gasteiger partial charge >= 0.3 is 0 Å². The third-order valence-electron chi connectivity index (χ3n) is 3.21. The third kappa shape index (κ3) is 13.3. The Bertz CT molecular complexity index is 460. The van der Waals surface area contributed by atoms with Crippen LogP contribution < -0.4 is 10.6 Å². The number of halogens is 2. The zero-order valence-electron chi connectivity index (χ0n) is 15.2. The molecule has 0 aliphatic rings. The summed E-state index contributed by atoms with van der Waals surface area (Å²) in [6.45, 7) is 8.24. The van der Waals surface area contributed by atoms with E-state index in [1.165, 1.54) is 12.1 Å². The largest absolute Gasteiger partial charge is 0.382 e. The van der Waals surface area contributed by atoms with E-state index < -0.39 is 0 Å². The maximum absolute atomic E-state index is 12.8. The van der Waals surface area contributed by atoms with Gasteiger partial charge in [-0.2, -0.15) is 0 Å². The molecule has 4 nitrogen and oxygen atoms in total. The number of thioether (sulfide) groups is 1. The number of ether oxygens (including phenoxy) is 1. The highest BCUT2D eigenvalue weighted by atomic mass is 127. The molecule has 1 aromatic carbocycles. The number of benzene rings is 1. The zero-order valence-corrected chi connectivity index (χ0v) is 18.4. The fraction of sp³-hybridized carbons (Fsp3) is 0.611. The van der Waals surface area contributed by atoms with E-state index in [-0.39, 0.29) is 29.8 Å². The number of nitrogens with one attached hydrogen (secondary N) is 2. The first-order valence-corrected chi connectivity index (χ1v) is 9.73. The van der Waals surface area contributed by atoms with Gasteiger partial charge < -0.3 is 15.4 Å². The summed E-state index contributed by atoms with van der Waals surface area (Å²) in [5.74, 6) is 1.66. The highest BCUT2D eigenvalue weighted by molar-refractivity contribution is 14.0. The lowest BCUT2D eigenvalue weighted by Crippen LogP contribution is -2.38. The van der Waals surface area contributed by atoms with E-state index in [0.717, 1.165) is 68.7 Å². The maximum atomic E-state index is 12.8. The van der Waals surface area contributed by atoms with Gasteiger partial charge in [0.15, 0.2) is 5.96 Å². The van der Waals surface area contributed by atoms with E-state index in [1.807, 2.05) is 19.1 Å². The summed E-state index contributed by atoms with van der Waals surface area (Å²) in [4.78, 5) is 5.68. The predicted molar refractivity (Wildman–Crippen MR) is 117 cm³/mol. The Balaban J connectivity index is 0.00000576. The van der Waals surface area contributed by atoms with Crippen LogP contribution in [0.15, 0.2) is 34.2 Å². The molecule has 25 heavy (non-hydrogen) atoms. The number of nitrogens with zero attached hydrogens (tertiary/aromatic N) is 1. The van der Waals surface area contributed by atoms with E-state index in [0.29, 0.717) is 0 Å². The van der Waals surface area contributed by atoms with Crippen molar-refractivity contribution in [2.45, 2.75) is 38.0 Å². The number of unbranched alkanes of at least 4 members (excludes halogenated alkanes) is 1. The number of rotatable bonds is 12. The molecule has 1 aromatic rings. The maximum Gasteiger partial charge on any atom is 0.191 e. The van der Waals surface area contributed by atoms with Crippen LogP contribution in [0, 0.1) is 5.82 Å². The van der Waals surface area contributed by atoms with Crippen LogP contribution >= 0.6 is 35.7 Å². The van der Waals surface area contributed by atoms with E-state index in [4.69, 9.17) is 4.74 Å². The molecule has 2 N–H and O–H groups in total. The molecular formula is C18H31FIN3OS. The number of hydrogen-bond donors (Lipinski definition) is 2. The molecular weight excluding hydrogens is 452 g/mol. The van der Waals surface area contributed by atoms with Crippen molar-refractivity contribution in [2.24, 2.45) is 4.99 Å². The SMILES string of the molecule is CCNC(=NCCCSc1ccc(F)cc1)NCCCCOCC.I. The molecule has 0 amide bonds. The fourth-order valence-electron chi connectivity index (χ4n) is 2.00. The lowest BCUT2D eigenvalue weighted by molar-refractivity contribution is 0.143. The minimum atomic E-state index is -0.188. The van der Waals surface area contributed by atoms with E-state index in [2.05, 4.69) is 22.5 Å². The van der Waals surface area contributed by atoms with Gasteiger partial charge in [-0.05, 0) is 63.1 Å². The monoisotopic (exact) mass is 483 g/mol. The molecule has 0 radical (unpaired) electrons. The van der Waals surface area contributed by atoms with Crippen molar-refractivity contribution in [1.29, 1.82) is 0 Å². The van der Waals surface area contributed by atoms with Crippen LogP contribution in [0.3, 0.4) is 0 Å². The lowest BCUT2D eigenvalue weighted by atomic mass is 10.3. The highest BCUT2D eigenvalue weighted by Crippen LogP contribution is 2.18. The van der Waals surface area contributed by atoms with Gasteiger partial charge in [-0.3, -0.25) is 4.99 Å². The first kappa shape index (κ1) is 24.5. The average Bonchev–Trinajstić information content (AvgIpc) is 2.59. The summed E-state index contributed by atoms with van der Waals surface area (Å²) in [5, 5.41) is 6.61. The van der Waals surface area contributed by atoms with Crippen LogP contribution in [-0.2, 0) is 4.74 Å². The van der Waals surface area contributed by atoms with Crippen LogP contribution in [0.5, 0.6) is 0 Å². The van der Waals surface area contributed by atoms with Crippen LogP contribution in [0.2, 0.25) is 0 Å². The fourth-order valence-corrected chi connectivity index (χ4v) is 2.84. The average molecular weight is 483 g/mol. The summed E-state index contributed by atoms with van der Waals surface area (Å²) < 4.78 is 18.2.